The number of nitrogens with one attached hydrogen (secondary N) is 2. The number of anilines is 3. The highest BCUT2D eigenvalue weighted by molar-refractivity contribution is 7.93. The fourth-order valence-electron chi connectivity index (χ4n) is 3.36. The van der Waals surface area contributed by atoms with Crippen molar-refractivity contribution in [2.75, 3.05) is 24.3 Å². The first-order valence-electron chi connectivity index (χ1n) is 9.98. The van der Waals surface area contributed by atoms with E-state index in [4.69, 9.17) is 14.1 Å². The van der Waals surface area contributed by atoms with E-state index in [1.807, 2.05) is 6.07 Å². The van der Waals surface area contributed by atoms with Gasteiger partial charge in [0.2, 0.25) is 0 Å². The highest BCUT2D eigenvalue weighted by Gasteiger charge is 2.23. The SMILES string of the molecule is COc1cc(Nc2nc3ccccc3nc2NS(=O)(=O)c2cccc3nonc23)cc(OC)c1. The van der Waals surface area contributed by atoms with E-state index >= 15 is 0 Å². The number of benzene rings is 3. The van der Waals surface area contributed by atoms with Crippen molar-refractivity contribution in [1.82, 2.24) is 20.3 Å². The molecule has 0 aliphatic heterocycles. The Morgan fingerprint density at radius 2 is 1.44 bits per heavy atom. The van der Waals surface area contributed by atoms with Crippen LogP contribution in [0.1, 0.15) is 0 Å². The number of rotatable bonds is 7. The Kier molecular flexibility index (Phi) is 5.34. The minimum Gasteiger partial charge on any atom is -0.497 e. The van der Waals surface area contributed by atoms with Crippen molar-refractivity contribution in [3.8, 4) is 11.5 Å². The molecule has 34 heavy (non-hydrogen) atoms. The smallest absolute Gasteiger partial charge is 0.265 e. The minimum atomic E-state index is -4.12. The summed E-state index contributed by atoms with van der Waals surface area (Å²) < 4.78 is 44.5. The quantitative estimate of drug-likeness (QED) is 0.355. The van der Waals surface area contributed by atoms with Gasteiger partial charge >= 0.3 is 0 Å². The van der Waals surface area contributed by atoms with Gasteiger partial charge in [0.15, 0.2) is 17.2 Å². The Labute approximate surface area is 193 Å². The summed E-state index contributed by atoms with van der Waals surface area (Å²) in [6, 6.07) is 16.8. The zero-order valence-corrected chi connectivity index (χ0v) is 18.8. The number of ether oxygens (including phenoxy) is 2. The van der Waals surface area contributed by atoms with E-state index in [1.165, 1.54) is 20.3 Å². The first-order chi connectivity index (χ1) is 16.5. The molecule has 0 bridgehead atoms. The van der Waals surface area contributed by atoms with Crippen molar-refractivity contribution >= 4 is 49.4 Å². The van der Waals surface area contributed by atoms with Crippen LogP contribution in [-0.2, 0) is 10.0 Å². The minimum absolute atomic E-state index is 0.00561. The van der Waals surface area contributed by atoms with Gasteiger partial charge in [0.1, 0.15) is 21.9 Å². The van der Waals surface area contributed by atoms with Crippen LogP contribution < -0.4 is 19.5 Å². The highest BCUT2D eigenvalue weighted by Crippen LogP contribution is 2.32. The monoisotopic (exact) mass is 478 g/mol. The second-order valence-electron chi connectivity index (χ2n) is 7.13. The lowest BCUT2D eigenvalue weighted by Gasteiger charge is -2.15. The van der Waals surface area contributed by atoms with E-state index in [2.05, 4.69) is 30.3 Å². The molecule has 0 fully saturated rings. The molecule has 5 rings (SSSR count). The molecule has 0 aliphatic rings. The highest BCUT2D eigenvalue weighted by atomic mass is 32.2. The molecular weight excluding hydrogens is 460 g/mol. The first-order valence-corrected chi connectivity index (χ1v) is 11.5. The fraction of sp³-hybridized carbons (Fsp3) is 0.0909. The lowest BCUT2D eigenvalue weighted by molar-refractivity contribution is 0.315. The molecule has 2 aromatic heterocycles. The third-order valence-corrected chi connectivity index (χ3v) is 6.32. The molecule has 0 saturated heterocycles. The van der Waals surface area contributed by atoms with Crippen molar-refractivity contribution in [1.29, 1.82) is 0 Å². The van der Waals surface area contributed by atoms with Gasteiger partial charge in [-0.3, -0.25) is 4.72 Å². The zero-order chi connectivity index (χ0) is 23.7. The number of fused-ring (bicyclic) bond motifs is 2. The van der Waals surface area contributed by atoms with Gasteiger partial charge in [0, 0.05) is 23.9 Å². The summed E-state index contributed by atoms with van der Waals surface area (Å²) in [6.45, 7) is 0. The molecule has 0 aliphatic carbocycles. The lowest BCUT2D eigenvalue weighted by Crippen LogP contribution is -2.16. The number of hydrogen-bond donors (Lipinski definition) is 2. The zero-order valence-electron chi connectivity index (χ0n) is 18.0. The van der Waals surface area contributed by atoms with Gasteiger partial charge in [0.25, 0.3) is 10.0 Å². The second kappa shape index (κ2) is 8.48. The van der Waals surface area contributed by atoms with Gasteiger partial charge in [-0.1, -0.05) is 18.2 Å². The van der Waals surface area contributed by atoms with Crippen LogP contribution in [0.25, 0.3) is 22.1 Å². The predicted molar refractivity (Wildman–Crippen MR) is 125 cm³/mol. The molecule has 0 unspecified atom stereocenters. The van der Waals surface area contributed by atoms with E-state index in [0.29, 0.717) is 33.7 Å². The molecule has 3 aromatic carbocycles. The van der Waals surface area contributed by atoms with Crippen molar-refractivity contribution in [2.24, 2.45) is 0 Å². The van der Waals surface area contributed by atoms with Crippen LogP contribution in [0.4, 0.5) is 17.3 Å². The second-order valence-corrected chi connectivity index (χ2v) is 8.78. The van der Waals surface area contributed by atoms with Gasteiger partial charge in [-0.05, 0) is 34.6 Å². The van der Waals surface area contributed by atoms with Crippen LogP contribution >= 0.6 is 0 Å². The molecule has 2 N–H and O–H groups in total. The third-order valence-electron chi connectivity index (χ3n) is 4.95. The first kappa shape index (κ1) is 21.4. The van der Waals surface area contributed by atoms with Gasteiger partial charge in [-0.2, -0.15) is 0 Å². The summed E-state index contributed by atoms with van der Waals surface area (Å²) in [5.74, 6) is 1.27. The van der Waals surface area contributed by atoms with Crippen LogP contribution in [0.15, 0.2) is 70.2 Å². The van der Waals surface area contributed by atoms with E-state index in [-0.39, 0.29) is 22.0 Å². The summed E-state index contributed by atoms with van der Waals surface area (Å²) in [5.41, 5.74) is 2.06. The predicted octanol–water partition coefficient (Wildman–Crippen LogP) is 3.73. The third kappa shape index (κ3) is 4.01. The van der Waals surface area contributed by atoms with Gasteiger partial charge in [-0.25, -0.2) is 23.0 Å². The molecule has 0 atom stereocenters. The van der Waals surface area contributed by atoms with Crippen LogP contribution in [0.5, 0.6) is 11.5 Å². The Morgan fingerprint density at radius 3 is 2.12 bits per heavy atom. The number of methoxy groups -OCH3 is 2. The summed E-state index contributed by atoms with van der Waals surface area (Å²) in [7, 11) is -1.05. The Morgan fingerprint density at radius 1 is 0.794 bits per heavy atom. The van der Waals surface area contributed by atoms with Crippen molar-refractivity contribution in [2.45, 2.75) is 4.90 Å². The van der Waals surface area contributed by atoms with E-state index in [9.17, 15) is 8.42 Å². The number of nitrogens with zero attached hydrogens (tertiary/aromatic N) is 4. The average molecular weight is 478 g/mol. The molecule has 11 nitrogen and oxygen atoms in total. The Hall–Kier alpha value is -4.45. The average Bonchev–Trinajstić information content (AvgIpc) is 3.33. The maximum absolute atomic E-state index is 13.3. The van der Waals surface area contributed by atoms with Crippen LogP contribution in [-0.4, -0.2) is 42.9 Å². The molecule has 0 amide bonds. The van der Waals surface area contributed by atoms with Crippen LogP contribution in [0.3, 0.4) is 0 Å². The normalized spacial score (nSPS) is 11.5. The molecule has 12 heteroatoms. The largest absolute Gasteiger partial charge is 0.497 e. The topological polar surface area (TPSA) is 141 Å². The standard InChI is InChI=1S/C22H18N6O5S/c1-31-14-10-13(11-15(12-14)32-2)23-21-22(25-17-7-4-3-6-16(17)24-21)28-34(29,30)19-9-5-8-18-20(19)27-33-26-18/h3-12H,1-2H3,(H,23,24)(H,25,28). The summed E-state index contributed by atoms with van der Waals surface area (Å²) >= 11 is 0. The molecule has 172 valence electrons. The number of aromatic nitrogens is 4. The summed E-state index contributed by atoms with van der Waals surface area (Å²) in [6.07, 6.45) is 0. The molecule has 0 spiro atoms. The molecule has 2 heterocycles. The molecular formula is C22H18N6O5S. The van der Waals surface area contributed by atoms with Gasteiger partial charge in [-0.15, -0.1) is 0 Å². The summed E-state index contributed by atoms with van der Waals surface area (Å²) in [5, 5.41) is 10.5. The van der Waals surface area contributed by atoms with Crippen molar-refractivity contribution in [3.63, 3.8) is 0 Å². The number of para-hydroxylation sites is 2. The van der Waals surface area contributed by atoms with Crippen molar-refractivity contribution in [3.05, 3.63) is 60.7 Å². The van der Waals surface area contributed by atoms with Gasteiger partial charge in [0.05, 0.1) is 25.3 Å². The molecule has 0 saturated carbocycles. The molecule has 0 radical (unpaired) electrons. The fourth-order valence-corrected chi connectivity index (χ4v) is 4.52. The van der Waals surface area contributed by atoms with Crippen molar-refractivity contribution < 1.29 is 22.5 Å². The van der Waals surface area contributed by atoms with Crippen LogP contribution in [0, 0.1) is 0 Å². The molecule has 5 aromatic rings. The van der Waals surface area contributed by atoms with E-state index in [0.717, 1.165) is 0 Å². The van der Waals surface area contributed by atoms with Gasteiger partial charge < -0.3 is 14.8 Å². The van der Waals surface area contributed by atoms with Crippen LogP contribution in [0.2, 0.25) is 0 Å². The summed E-state index contributed by atoms with van der Waals surface area (Å²) in [4.78, 5) is 8.98. The lowest BCUT2D eigenvalue weighted by atomic mass is 10.2. The number of sulfonamides is 1. The Bertz CT molecular complexity index is 1600. The maximum atomic E-state index is 13.3. The van der Waals surface area contributed by atoms with E-state index < -0.39 is 10.0 Å². The maximum Gasteiger partial charge on any atom is 0.265 e. The number of hydrogen-bond acceptors (Lipinski definition) is 10. The Balaban J connectivity index is 1.61. The van der Waals surface area contributed by atoms with E-state index in [1.54, 1.807) is 48.5 Å².